The van der Waals surface area contributed by atoms with E-state index in [9.17, 15) is 0 Å². The number of nitrogens with zero attached hydrogens (tertiary/aromatic N) is 2. The van der Waals surface area contributed by atoms with Crippen LogP contribution >= 0.6 is 0 Å². The summed E-state index contributed by atoms with van der Waals surface area (Å²) < 4.78 is 2.07. The fraction of sp³-hybridized carbons (Fsp3) is 0.667. The van der Waals surface area contributed by atoms with Crippen LogP contribution in [0.3, 0.4) is 0 Å². The highest BCUT2D eigenvalue weighted by atomic mass is 15.3. The molecule has 1 aliphatic carbocycles. The molecule has 1 aromatic rings. The van der Waals surface area contributed by atoms with Gasteiger partial charge in [0.25, 0.3) is 0 Å². The number of rotatable bonds is 1. The smallest absolute Gasteiger partial charge is 0.0673 e. The van der Waals surface area contributed by atoms with Crippen LogP contribution in [0.1, 0.15) is 37.4 Å². The van der Waals surface area contributed by atoms with E-state index >= 15 is 0 Å². The van der Waals surface area contributed by atoms with E-state index in [4.69, 9.17) is 0 Å². The quantitative estimate of drug-likeness (QED) is 0.598. The molecule has 2 rings (SSSR count). The Morgan fingerprint density at radius 1 is 1.55 bits per heavy atom. The van der Waals surface area contributed by atoms with Crippen molar-refractivity contribution in [2.75, 3.05) is 0 Å². The van der Waals surface area contributed by atoms with Crippen LogP contribution in [0.5, 0.6) is 0 Å². The van der Waals surface area contributed by atoms with Crippen molar-refractivity contribution in [3.63, 3.8) is 0 Å². The predicted molar refractivity (Wildman–Crippen MR) is 43.3 cm³/mol. The van der Waals surface area contributed by atoms with Gasteiger partial charge in [-0.25, -0.2) is 0 Å². The Morgan fingerprint density at radius 3 is 2.82 bits per heavy atom. The lowest BCUT2D eigenvalue weighted by Crippen LogP contribution is -2.04. The molecule has 0 saturated heterocycles. The molecule has 11 heavy (non-hydrogen) atoms. The van der Waals surface area contributed by atoms with Crippen LogP contribution in [0, 0.1) is 13.0 Å². The lowest BCUT2D eigenvalue weighted by atomic mass is 10.3. The molecular formula is C9H13N2. The average Bonchev–Trinajstić information content (AvgIpc) is 2.55. The second-order valence-corrected chi connectivity index (χ2v) is 3.28. The molecule has 0 aliphatic heterocycles. The van der Waals surface area contributed by atoms with E-state index in [-0.39, 0.29) is 0 Å². The first-order valence-corrected chi connectivity index (χ1v) is 4.30. The van der Waals surface area contributed by atoms with Crippen LogP contribution in [0.4, 0.5) is 0 Å². The summed E-state index contributed by atoms with van der Waals surface area (Å²) in [5.41, 5.74) is 1.01. The average molecular weight is 149 g/mol. The van der Waals surface area contributed by atoms with Gasteiger partial charge < -0.3 is 0 Å². The van der Waals surface area contributed by atoms with E-state index in [1.807, 2.05) is 13.1 Å². The monoisotopic (exact) mass is 149 g/mol. The molecule has 1 aromatic heterocycles. The van der Waals surface area contributed by atoms with Crippen molar-refractivity contribution in [3.05, 3.63) is 18.0 Å². The highest BCUT2D eigenvalue weighted by molar-refractivity contribution is 4.94. The molecular weight excluding hydrogens is 136 g/mol. The first-order valence-electron chi connectivity index (χ1n) is 4.30. The molecule has 59 valence electrons. The van der Waals surface area contributed by atoms with Gasteiger partial charge in [-0.3, -0.25) is 4.68 Å². The Balaban J connectivity index is 2.15. The summed E-state index contributed by atoms with van der Waals surface area (Å²) in [4.78, 5) is 0. The minimum atomic E-state index is 0.667. The van der Waals surface area contributed by atoms with E-state index in [1.165, 1.54) is 25.7 Å². The highest BCUT2D eigenvalue weighted by Gasteiger charge is 2.16. The number of hydrogen-bond acceptors (Lipinski definition) is 1. The van der Waals surface area contributed by atoms with E-state index in [2.05, 4.69) is 15.8 Å². The third-order valence-electron chi connectivity index (χ3n) is 2.37. The normalized spacial score (nSPS) is 19.4. The van der Waals surface area contributed by atoms with Crippen LogP contribution in [-0.2, 0) is 0 Å². The Labute approximate surface area is 67.2 Å². The van der Waals surface area contributed by atoms with Gasteiger partial charge in [-0.05, 0) is 19.8 Å². The predicted octanol–water partition coefficient (Wildman–Crippen LogP) is 2.11. The lowest BCUT2D eigenvalue weighted by Gasteiger charge is -2.08. The van der Waals surface area contributed by atoms with Gasteiger partial charge in [0.15, 0.2) is 0 Å². The molecule has 0 aromatic carbocycles. The minimum absolute atomic E-state index is 0.667. The molecule has 0 spiro atoms. The van der Waals surface area contributed by atoms with Crippen LogP contribution < -0.4 is 0 Å². The summed E-state index contributed by atoms with van der Waals surface area (Å²) in [5.74, 6) is 0. The van der Waals surface area contributed by atoms with Crippen LogP contribution in [0.15, 0.2) is 6.20 Å². The summed E-state index contributed by atoms with van der Waals surface area (Å²) in [6.07, 6.45) is 7.31. The number of aromatic nitrogens is 2. The SMILES string of the molecule is Cc1[c]cn(C2CCCC2)n1. The summed E-state index contributed by atoms with van der Waals surface area (Å²) in [5, 5.41) is 4.35. The highest BCUT2D eigenvalue weighted by Crippen LogP contribution is 2.28. The fourth-order valence-corrected chi connectivity index (χ4v) is 1.75. The van der Waals surface area contributed by atoms with E-state index < -0.39 is 0 Å². The molecule has 1 heterocycles. The van der Waals surface area contributed by atoms with E-state index in [0.717, 1.165) is 5.69 Å². The zero-order valence-corrected chi connectivity index (χ0v) is 6.88. The van der Waals surface area contributed by atoms with Gasteiger partial charge in [-0.1, -0.05) is 12.8 Å². The Hall–Kier alpha value is -0.790. The van der Waals surface area contributed by atoms with Gasteiger partial charge in [0.05, 0.1) is 11.7 Å². The van der Waals surface area contributed by atoms with Crippen LogP contribution in [-0.4, -0.2) is 9.78 Å². The molecule has 1 fully saturated rings. The molecule has 1 radical (unpaired) electrons. The third-order valence-corrected chi connectivity index (χ3v) is 2.37. The standard InChI is InChI=1S/C9H13N2/c1-8-6-7-11(10-8)9-4-2-3-5-9/h7,9H,2-5H2,1H3. The molecule has 0 bridgehead atoms. The van der Waals surface area contributed by atoms with Crippen molar-refractivity contribution in [2.24, 2.45) is 0 Å². The van der Waals surface area contributed by atoms with Gasteiger partial charge in [0.2, 0.25) is 0 Å². The van der Waals surface area contributed by atoms with Crippen molar-refractivity contribution >= 4 is 0 Å². The van der Waals surface area contributed by atoms with Gasteiger partial charge >= 0.3 is 0 Å². The molecule has 2 nitrogen and oxygen atoms in total. The molecule has 0 atom stereocenters. The van der Waals surface area contributed by atoms with Gasteiger partial charge in [0, 0.05) is 12.3 Å². The topological polar surface area (TPSA) is 17.8 Å². The van der Waals surface area contributed by atoms with Crippen molar-refractivity contribution in [2.45, 2.75) is 38.6 Å². The Kier molecular flexibility index (Phi) is 1.68. The second-order valence-electron chi connectivity index (χ2n) is 3.28. The zero-order chi connectivity index (χ0) is 7.68. The third kappa shape index (κ3) is 1.30. The number of hydrogen-bond donors (Lipinski definition) is 0. The van der Waals surface area contributed by atoms with Gasteiger partial charge in [-0.2, -0.15) is 5.10 Å². The van der Waals surface area contributed by atoms with E-state index in [1.54, 1.807) is 0 Å². The summed E-state index contributed by atoms with van der Waals surface area (Å²) in [6, 6.07) is 3.76. The molecule has 2 heteroatoms. The maximum Gasteiger partial charge on any atom is 0.0673 e. The summed E-state index contributed by atoms with van der Waals surface area (Å²) in [7, 11) is 0. The second kappa shape index (κ2) is 2.68. The molecule has 0 N–H and O–H groups in total. The van der Waals surface area contributed by atoms with Crippen LogP contribution in [0.25, 0.3) is 0 Å². The van der Waals surface area contributed by atoms with Crippen molar-refractivity contribution in [3.8, 4) is 0 Å². The largest absolute Gasteiger partial charge is 0.269 e. The maximum absolute atomic E-state index is 4.35. The minimum Gasteiger partial charge on any atom is -0.269 e. The van der Waals surface area contributed by atoms with Gasteiger partial charge in [-0.15, -0.1) is 0 Å². The fourth-order valence-electron chi connectivity index (χ4n) is 1.75. The van der Waals surface area contributed by atoms with Crippen molar-refractivity contribution < 1.29 is 0 Å². The molecule has 0 unspecified atom stereocenters. The van der Waals surface area contributed by atoms with Gasteiger partial charge in [0.1, 0.15) is 0 Å². The molecule has 1 aliphatic rings. The van der Waals surface area contributed by atoms with E-state index in [0.29, 0.717) is 6.04 Å². The van der Waals surface area contributed by atoms with Crippen molar-refractivity contribution in [1.82, 2.24) is 9.78 Å². The van der Waals surface area contributed by atoms with Crippen molar-refractivity contribution in [1.29, 1.82) is 0 Å². The number of aryl methyl sites for hydroxylation is 1. The Morgan fingerprint density at radius 2 is 2.27 bits per heavy atom. The first-order chi connectivity index (χ1) is 5.36. The summed E-state index contributed by atoms with van der Waals surface area (Å²) >= 11 is 0. The molecule has 1 saturated carbocycles. The van der Waals surface area contributed by atoms with Crippen LogP contribution in [0.2, 0.25) is 0 Å². The summed E-state index contributed by atoms with van der Waals surface area (Å²) in [6.45, 7) is 1.99. The first kappa shape index (κ1) is 6.89. The Bertz CT molecular complexity index is 233. The lowest BCUT2D eigenvalue weighted by molar-refractivity contribution is 0.464. The maximum atomic E-state index is 4.35. The zero-order valence-electron chi connectivity index (χ0n) is 6.88. The molecule has 0 amide bonds.